The first-order valence-corrected chi connectivity index (χ1v) is 6.53. The largest absolute Gasteiger partial charge is 0.233 e. The van der Waals surface area contributed by atoms with E-state index in [9.17, 15) is 0 Å². The van der Waals surface area contributed by atoms with E-state index >= 15 is 0 Å². The highest BCUT2D eigenvalue weighted by Gasteiger charge is 2.08. The van der Waals surface area contributed by atoms with E-state index in [0.717, 1.165) is 32.5 Å². The fraction of sp³-hybridized carbons (Fsp3) is 0.0667. The lowest BCUT2D eigenvalue weighted by atomic mass is 10.1. The third kappa shape index (κ3) is 2.02. The van der Waals surface area contributed by atoms with Crippen LogP contribution in [0.25, 0.3) is 22.2 Å². The van der Waals surface area contributed by atoms with Gasteiger partial charge in [-0.15, -0.1) is 0 Å². The summed E-state index contributed by atoms with van der Waals surface area (Å²) in [6, 6.07) is 16.3. The molecule has 0 spiro atoms. The molecule has 18 heavy (non-hydrogen) atoms. The standard InChI is InChI=1S/C15H11BrN2/c1-10-17-14-8-7-12(16)9-13(14)15(18-10)11-5-3-2-4-6-11/h2-9H,1H3. The fourth-order valence-corrected chi connectivity index (χ4v) is 2.39. The van der Waals surface area contributed by atoms with Crippen LogP contribution in [0.5, 0.6) is 0 Å². The van der Waals surface area contributed by atoms with Crippen LogP contribution in [0.2, 0.25) is 0 Å². The molecule has 0 aliphatic heterocycles. The molecule has 88 valence electrons. The summed E-state index contributed by atoms with van der Waals surface area (Å²) in [5.41, 5.74) is 3.08. The number of aryl methyl sites for hydroxylation is 1. The molecule has 0 fully saturated rings. The van der Waals surface area contributed by atoms with Crippen molar-refractivity contribution < 1.29 is 0 Å². The molecule has 1 aromatic heterocycles. The quantitative estimate of drug-likeness (QED) is 0.667. The number of hydrogen-bond acceptors (Lipinski definition) is 2. The SMILES string of the molecule is Cc1nc(-c2ccccc2)c2cc(Br)ccc2n1. The Labute approximate surface area is 114 Å². The minimum absolute atomic E-state index is 0.795. The molecule has 2 nitrogen and oxygen atoms in total. The molecule has 0 bridgehead atoms. The molecule has 3 rings (SSSR count). The molecule has 0 aliphatic rings. The monoisotopic (exact) mass is 298 g/mol. The smallest absolute Gasteiger partial charge is 0.126 e. The van der Waals surface area contributed by atoms with Crippen molar-refractivity contribution in [2.75, 3.05) is 0 Å². The Morgan fingerprint density at radius 1 is 0.944 bits per heavy atom. The lowest BCUT2D eigenvalue weighted by molar-refractivity contribution is 1.10. The molecule has 2 aromatic carbocycles. The minimum Gasteiger partial charge on any atom is -0.233 e. The van der Waals surface area contributed by atoms with Crippen LogP contribution >= 0.6 is 15.9 Å². The molecule has 1 heterocycles. The second-order valence-corrected chi connectivity index (χ2v) is 5.06. The summed E-state index contributed by atoms with van der Waals surface area (Å²) < 4.78 is 1.04. The molecule has 3 aromatic rings. The van der Waals surface area contributed by atoms with Gasteiger partial charge in [-0.25, -0.2) is 9.97 Å². The zero-order valence-electron chi connectivity index (χ0n) is 9.89. The predicted octanol–water partition coefficient (Wildman–Crippen LogP) is 4.37. The summed E-state index contributed by atoms with van der Waals surface area (Å²) in [5.74, 6) is 0.795. The third-order valence-electron chi connectivity index (χ3n) is 2.82. The maximum absolute atomic E-state index is 4.58. The van der Waals surface area contributed by atoms with E-state index in [1.807, 2.05) is 37.3 Å². The van der Waals surface area contributed by atoms with E-state index in [1.54, 1.807) is 0 Å². The Morgan fingerprint density at radius 3 is 2.50 bits per heavy atom. The zero-order chi connectivity index (χ0) is 12.5. The van der Waals surface area contributed by atoms with Crippen LogP contribution in [0.4, 0.5) is 0 Å². The van der Waals surface area contributed by atoms with Gasteiger partial charge >= 0.3 is 0 Å². The van der Waals surface area contributed by atoms with Crippen molar-refractivity contribution in [2.24, 2.45) is 0 Å². The van der Waals surface area contributed by atoms with Crippen molar-refractivity contribution in [3.63, 3.8) is 0 Å². The Kier molecular flexibility index (Phi) is 2.84. The van der Waals surface area contributed by atoms with Gasteiger partial charge in [-0.3, -0.25) is 0 Å². The summed E-state index contributed by atoms with van der Waals surface area (Å²) >= 11 is 3.50. The van der Waals surface area contributed by atoms with Crippen LogP contribution in [0, 0.1) is 6.92 Å². The van der Waals surface area contributed by atoms with Gasteiger partial charge in [-0.1, -0.05) is 46.3 Å². The maximum Gasteiger partial charge on any atom is 0.126 e. The molecule has 0 saturated carbocycles. The van der Waals surface area contributed by atoms with Gasteiger partial charge < -0.3 is 0 Å². The third-order valence-corrected chi connectivity index (χ3v) is 3.31. The molecule has 0 radical (unpaired) electrons. The molecule has 0 unspecified atom stereocenters. The van der Waals surface area contributed by atoms with E-state index in [2.05, 4.69) is 44.1 Å². The van der Waals surface area contributed by atoms with E-state index in [-0.39, 0.29) is 0 Å². The average Bonchev–Trinajstić information content (AvgIpc) is 2.39. The summed E-state index contributed by atoms with van der Waals surface area (Å²) in [6.07, 6.45) is 0. The highest BCUT2D eigenvalue weighted by molar-refractivity contribution is 9.10. The number of fused-ring (bicyclic) bond motifs is 1. The van der Waals surface area contributed by atoms with Crippen molar-refractivity contribution in [1.29, 1.82) is 0 Å². The van der Waals surface area contributed by atoms with Crippen molar-refractivity contribution in [1.82, 2.24) is 9.97 Å². The summed E-state index contributed by atoms with van der Waals surface area (Å²) in [7, 11) is 0. The predicted molar refractivity (Wildman–Crippen MR) is 77.4 cm³/mol. The fourth-order valence-electron chi connectivity index (χ4n) is 2.03. The van der Waals surface area contributed by atoms with Crippen molar-refractivity contribution >= 4 is 26.8 Å². The van der Waals surface area contributed by atoms with E-state index in [1.165, 1.54) is 0 Å². The molecule has 0 aliphatic carbocycles. The second-order valence-electron chi connectivity index (χ2n) is 4.15. The normalized spacial score (nSPS) is 10.8. The highest BCUT2D eigenvalue weighted by atomic mass is 79.9. The van der Waals surface area contributed by atoms with Crippen LogP contribution in [-0.4, -0.2) is 9.97 Å². The summed E-state index contributed by atoms with van der Waals surface area (Å²) in [5, 5.41) is 1.07. The first-order valence-electron chi connectivity index (χ1n) is 5.73. The van der Waals surface area contributed by atoms with E-state index < -0.39 is 0 Å². The van der Waals surface area contributed by atoms with Crippen LogP contribution in [-0.2, 0) is 0 Å². The van der Waals surface area contributed by atoms with Crippen LogP contribution in [0.3, 0.4) is 0 Å². The zero-order valence-corrected chi connectivity index (χ0v) is 11.5. The van der Waals surface area contributed by atoms with Gasteiger partial charge in [0.25, 0.3) is 0 Å². The van der Waals surface area contributed by atoms with E-state index in [4.69, 9.17) is 0 Å². The Balaban J connectivity index is 2.37. The lowest BCUT2D eigenvalue weighted by Crippen LogP contribution is -1.93. The molecular formula is C15H11BrN2. The Morgan fingerprint density at radius 2 is 1.72 bits per heavy atom. The number of hydrogen-bond donors (Lipinski definition) is 0. The van der Waals surface area contributed by atoms with Crippen LogP contribution in [0.15, 0.2) is 53.0 Å². The first kappa shape index (κ1) is 11.4. The number of rotatable bonds is 1. The molecule has 0 amide bonds. The maximum atomic E-state index is 4.58. The molecule has 0 saturated heterocycles. The van der Waals surface area contributed by atoms with Crippen molar-refractivity contribution in [3.8, 4) is 11.3 Å². The van der Waals surface area contributed by atoms with Crippen LogP contribution < -0.4 is 0 Å². The summed E-state index contributed by atoms with van der Waals surface area (Å²) in [4.78, 5) is 9.05. The average molecular weight is 299 g/mol. The Hall–Kier alpha value is -1.74. The number of aromatic nitrogens is 2. The van der Waals surface area contributed by atoms with Gasteiger partial charge in [0, 0.05) is 15.4 Å². The number of benzene rings is 2. The van der Waals surface area contributed by atoms with Gasteiger partial charge in [-0.05, 0) is 25.1 Å². The molecule has 3 heteroatoms. The van der Waals surface area contributed by atoms with Gasteiger partial charge in [0.15, 0.2) is 0 Å². The second kappa shape index (κ2) is 4.50. The Bertz CT molecular complexity index is 708. The first-order chi connectivity index (χ1) is 8.74. The minimum atomic E-state index is 0.795. The molecular weight excluding hydrogens is 288 g/mol. The molecule has 0 atom stereocenters. The topological polar surface area (TPSA) is 25.8 Å². The molecule has 0 N–H and O–H groups in total. The summed E-state index contributed by atoms with van der Waals surface area (Å²) in [6.45, 7) is 1.92. The van der Waals surface area contributed by atoms with Gasteiger partial charge in [-0.2, -0.15) is 0 Å². The van der Waals surface area contributed by atoms with Crippen LogP contribution in [0.1, 0.15) is 5.82 Å². The number of halogens is 1. The highest BCUT2D eigenvalue weighted by Crippen LogP contribution is 2.28. The van der Waals surface area contributed by atoms with Gasteiger partial charge in [0.05, 0.1) is 11.2 Å². The van der Waals surface area contributed by atoms with Gasteiger partial charge in [0.2, 0.25) is 0 Å². The lowest BCUT2D eigenvalue weighted by Gasteiger charge is -2.07. The van der Waals surface area contributed by atoms with E-state index in [0.29, 0.717) is 0 Å². The number of nitrogens with zero attached hydrogens (tertiary/aromatic N) is 2. The van der Waals surface area contributed by atoms with Crippen molar-refractivity contribution in [2.45, 2.75) is 6.92 Å². The van der Waals surface area contributed by atoms with Gasteiger partial charge in [0.1, 0.15) is 5.82 Å². The van der Waals surface area contributed by atoms with Crippen molar-refractivity contribution in [3.05, 3.63) is 58.8 Å².